The van der Waals surface area contributed by atoms with E-state index in [1.165, 1.54) is 0 Å². The van der Waals surface area contributed by atoms with Crippen LogP contribution in [0.3, 0.4) is 0 Å². The summed E-state index contributed by atoms with van der Waals surface area (Å²) in [6, 6.07) is 7.16. The van der Waals surface area contributed by atoms with Gasteiger partial charge < -0.3 is 15.4 Å². The van der Waals surface area contributed by atoms with Gasteiger partial charge >= 0.3 is 5.69 Å². The standard InChI is InChI=1S/C19H15Cl2N7O2/c20-10-1-4-12(21)13(6-10)24-15-7-16(23-11-2-3-11)28-17(26-15)9(8-22-28)5-14-18(29)27-19(30)25-14/h1,4-8,11,24,29H,2-3H2,(H2,25,27,30). The number of benzene rings is 1. The Hall–Kier alpha value is -3.30. The van der Waals surface area contributed by atoms with Crippen LogP contribution >= 0.6 is 23.2 Å². The van der Waals surface area contributed by atoms with E-state index in [9.17, 15) is 9.90 Å². The number of hydrogen-bond donors (Lipinski definition) is 4. The minimum atomic E-state index is -0.509. The minimum Gasteiger partial charge on any atom is -0.493 e. The molecule has 0 radical (unpaired) electrons. The Bertz CT molecular complexity index is 1450. The highest BCUT2D eigenvalue weighted by Crippen LogP contribution is 2.27. The molecule has 0 bridgehead atoms. The lowest BCUT2D eigenvalue weighted by Gasteiger charge is -2.08. The molecule has 3 heterocycles. The predicted molar refractivity (Wildman–Crippen MR) is 113 cm³/mol. The largest absolute Gasteiger partial charge is 0.493 e. The molecule has 0 aliphatic heterocycles. The van der Waals surface area contributed by atoms with Gasteiger partial charge in [0.1, 0.15) is 11.5 Å². The van der Waals surface area contributed by atoms with E-state index < -0.39 is 5.69 Å². The first-order valence-corrected chi connectivity index (χ1v) is 9.89. The number of halogens is 2. The molecule has 1 aliphatic carbocycles. The second kappa shape index (κ2) is 7.19. The fraction of sp³-hybridized carbons (Fsp3) is 0.158. The number of H-pyrrole nitrogens is 2. The second-order valence-electron chi connectivity index (χ2n) is 6.93. The van der Waals surface area contributed by atoms with Crippen LogP contribution in [0.15, 0.2) is 40.2 Å². The lowest BCUT2D eigenvalue weighted by atomic mass is 10.3. The minimum absolute atomic E-state index is 0.230. The summed E-state index contributed by atoms with van der Waals surface area (Å²) in [7, 11) is 0. The van der Waals surface area contributed by atoms with Crippen molar-refractivity contribution in [3.8, 4) is 5.88 Å². The number of anilines is 2. The van der Waals surface area contributed by atoms with Crippen LogP contribution in [0, 0.1) is 0 Å². The van der Waals surface area contributed by atoms with Gasteiger partial charge in [0.15, 0.2) is 11.1 Å². The number of rotatable bonds is 4. The Balaban J connectivity index is 1.69. The highest BCUT2D eigenvalue weighted by Gasteiger charge is 2.20. The van der Waals surface area contributed by atoms with E-state index in [0.29, 0.717) is 37.9 Å². The molecule has 4 aromatic rings. The zero-order chi connectivity index (χ0) is 20.8. The monoisotopic (exact) mass is 443 g/mol. The number of nitrogens with zero attached hydrogens (tertiary/aromatic N) is 4. The first-order valence-electron chi connectivity index (χ1n) is 9.14. The first kappa shape index (κ1) is 18.7. The number of imidazole rings is 1. The summed E-state index contributed by atoms with van der Waals surface area (Å²) in [5.41, 5.74) is 1.46. The fourth-order valence-electron chi connectivity index (χ4n) is 2.99. The molecular formula is C19H15Cl2N7O2. The maximum Gasteiger partial charge on any atom is 0.326 e. The smallest absolute Gasteiger partial charge is 0.326 e. The third-order valence-corrected chi connectivity index (χ3v) is 5.13. The summed E-state index contributed by atoms with van der Waals surface area (Å²) in [4.78, 5) is 25.6. The lowest BCUT2D eigenvalue weighted by molar-refractivity contribution is 0.454. The van der Waals surface area contributed by atoms with Crippen molar-refractivity contribution in [1.29, 1.82) is 0 Å². The van der Waals surface area contributed by atoms with Crippen LogP contribution in [-0.4, -0.2) is 35.7 Å². The zero-order valence-corrected chi connectivity index (χ0v) is 16.9. The van der Waals surface area contributed by atoms with E-state index in [-0.39, 0.29) is 17.6 Å². The van der Waals surface area contributed by atoms with Crippen LogP contribution in [0.2, 0.25) is 10.0 Å². The molecule has 1 aromatic carbocycles. The van der Waals surface area contributed by atoms with Gasteiger partial charge in [0, 0.05) is 16.3 Å². The lowest BCUT2D eigenvalue weighted by Crippen LogP contribution is -2.19. The molecule has 152 valence electrons. The topological polar surface area (TPSA) is 123 Å². The molecule has 0 amide bonds. The molecule has 11 heteroatoms. The van der Waals surface area contributed by atoms with Crippen LogP contribution in [0.4, 0.5) is 11.5 Å². The van der Waals surface area contributed by atoms with Gasteiger partial charge in [0.2, 0.25) is 5.88 Å². The molecule has 0 atom stereocenters. The van der Waals surface area contributed by atoms with Crippen LogP contribution in [0.5, 0.6) is 5.88 Å². The molecular weight excluding hydrogens is 429 g/mol. The molecule has 3 aromatic heterocycles. The molecule has 5 rings (SSSR count). The summed E-state index contributed by atoms with van der Waals surface area (Å²) in [6.45, 7) is 0. The van der Waals surface area contributed by atoms with Gasteiger partial charge in [0.05, 0.1) is 22.9 Å². The van der Waals surface area contributed by atoms with E-state index in [4.69, 9.17) is 28.2 Å². The average molecular weight is 444 g/mol. The molecule has 4 N–H and O–H groups in total. The van der Waals surface area contributed by atoms with Crippen LogP contribution in [0.1, 0.15) is 18.5 Å². The van der Waals surface area contributed by atoms with Crippen LogP contribution in [0.25, 0.3) is 11.7 Å². The van der Waals surface area contributed by atoms with Crippen molar-refractivity contribution in [1.82, 2.24) is 24.6 Å². The van der Waals surface area contributed by atoms with Crippen molar-refractivity contribution in [3.05, 3.63) is 67.4 Å². The Morgan fingerprint density at radius 1 is 1.27 bits per heavy atom. The molecule has 1 fully saturated rings. The number of fused-ring (bicyclic) bond motifs is 1. The van der Waals surface area contributed by atoms with Crippen LogP contribution in [-0.2, 0) is 0 Å². The van der Waals surface area contributed by atoms with Crippen molar-refractivity contribution in [2.75, 3.05) is 5.32 Å². The highest BCUT2D eigenvalue weighted by atomic mass is 35.5. The van der Waals surface area contributed by atoms with Gasteiger partial charge in [-0.05, 0) is 37.1 Å². The second-order valence-corrected chi connectivity index (χ2v) is 7.77. The van der Waals surface area contributed by atoms with E-state index >= 15 is 0 Å². The molecule has 1 saturated carbocycles. The third-order valence-electron chi connectivity index (χ3n) is 4.57. The molecule has 0 spiro atoms. The van der Waals surface area contributed by atoms with Gasteiger partial charge in [-0.25, -0.2) is 9.78 Å². The van der Waals surface area contributed by atoms with Gasteiger partial charge in [0.25, 0.3) is 0 Å². The number of hydrogen-bond acceptors (Lipinski definition) is 6. The number of aromatic nitrogens is 5. The van der Waals surface area contributed by atoms with Crippen molar-refractivity contribution in [2.24, 2.45) is 4.99 Å². The molecule has 1 aliphatic rings. The Morgan fingerprint density at radius 2 is 2.10 bits per heavy atom. The van der Waals surface area contributed by atoms with Gasteiger partial charge in [-0.1, -0.05) is 23.2 Å². The average Bonchev–Trinajstić information content (AvgIpc) is 3.34. The number of aromatic hydroxyl groups is 1. The fourth-order valence-corrected chi connectivity index (χ4v) is 3.33. The van der Waals surface area contributed by atoms with Crippen molar-refractivity contribution in [2.45, 2.75) is 18.9 Å². The van der Waals surface area contributed by atoms with Crippen molar-refractivity contribution < 1.29 is 5.11 Å². The maximum atomic E-state index is 11.4. The predicted octanol–water partition coefficient (Wildman–Crippen LogP) is 2.11. The third kappa shape index (κ3) is 3.64. The van der Waals surface area contributed by atoms with Gasteiger partial charge in [-0.3, -0.25) is 9.98 Å². The first-order chi connectivity index (χ1) is 14.5. The van der Waals surface area contributed by atoms with E-state index in [2.05, 4.69) is 25.4 Å². The number of aromatic amines is 2. The van der Waals surface area contributed by atoms with Gasteiger partial charge in [-0.2, -0.15) is 9.61 Å². The number of nitrogens with one attached hydrogen (secondary N) is 3. The summed E-state index contributed by atoms with van der Waals surface area (Å²) in [5, 5.41) is 19.1. The normalized spacial score (nSPS) is 15.3. The quantitative estimate of drug-likeness (QED) is 0.384. The summed E-state index contributed by atoms with van der Waals surface area (Å²) < 4.78 is 1.62. The SMILES string of the molecule is O=c1[nH]c(O)c(C=c2cnn3c(=NC4CC4)cc(Nc4cc(Cl)ccc4Cl)nc23)[nH]1. The maximum absolute atomic E-state index is 11.4. The summed E-state index contributed by atoms with van der Waals surface area (Å²) in [5.74, 6) is 0.246. The summed E-state index contributed by atoms with van der Waals surface area (Å²) >= 11 is 12.4. The Morgan fingerprint density at radius 3 is 2.83 bits per heavy atom. The highest BCUT2D eigenvalue weighted by molar-refractivity contribution is 6.35. The van der Waals surface area contributed by atoms with Crippen LogP contribution < -0.4 is 21.7 Å². The van der Waals surface area contributed by atoms with E-state index in [1.807, 2.05) is 0 Å². The molecule has 30 heavy (non-hydrogen) atoms. The van der Waals surface area contributed by atoms with Crippen molar-refractivity contribution in [3.63, 3.8) is 0 Å². The van der Waals surface area contributed by atoms with E-state index in [0.717, 1.165) is 12.8 Å². The van der Waals surface area contributed by atoms with E-state index in [1.54, 1.807) is 41.1 Å². The Labute approximate surface area is 178 Å². The zero-order valence-electron chi connectivity index (χ0n) is 15.4. The molecule has 0 unspecified atom stereocenters. The summed E-state index contributed by atoms with van der Waals surface area (Å²) in [6.07, 6.45) is 5.24. The molecule has 9 nitrogen and oxygen atoms in total. The van der Waals surface area contributed by atoms with Crippen molar-refractivity contribution >= 4 is 46.4 Å². The Kier molecular flexibility index (Phi) is 4.48. The molecule has 0 saturated heterocycles. The van der Waals surface area contributed by atoms with Gasteiger partial charge in [-0.15, -0.1) is 0 Å².